The van der Waals surface area contributed by atoms with Crippen molar-refractivity contribution in [3.63, 3.8) is 0 Å². The Bertz CT molecular complexity index is 584. The zero-order valence-electron chi connectivity index (χ0n) is 14.2. The second-order valence-electron chi connectivity index (χ2n) is 6.37. The van der Waals surface area contributed by atoms with Gasteiger partial charge in [-0.1, -0.05) is 26.0 Å². The van der Waals surface area contributed by atoms with Crippen molar-refractivity contribution >= 4 is 10.0 Å². The third-order valence-electron chi connectivity index (χ3n) is 4.27. The highest BCUT2D eigenvalue weighted by Gasteiger charge is 2.28. The van der Waals surface area contributed by atoms with Crippen LogP contribution in [0.2, 0.25) is 0 Å². The van der Waals surface area contributed by atoms with Crippen molar-refractivity contribution in [2.45, 2.75) is 51.6 Å². The molecule has 0 radical (unpaired) electrons. The summed E-state index contributed by atoms with van der Waals surface area (Å²) in [7, 11) is -3.20. The summed E-state index contributed by atoms with van der Waals surface area (Å²) < 4.78 is 32.3. The lowest BCUT2D eigenvalue weighted by Gasteiger charge is -2.32. The summed E-state index contributed by atoms with van der Waals surface area (Å²) in [6, 6.07) is 7.99. The van der Waals surface area contributed by atoms with Gasteiger partial charge in [0.05, 0.1) is 11.8 Å². The highest BCUT2D eigenvalue weighted by atomic mass is 32.2. The van der Waals surface area contributed by atoms with Gasteiger partial charge in [0, 0.05) is 6.04 Å². The number of piperidine rings is 1. The molecule has 6 heteroatoms. The van der Waals surface area contributed by atoms with E-state index < -0.39 is 10.0 Å². The standard InChI is InChI=1S/C17H28N2O3S/c1-4-23(20,21)19-16-6-5-11-18-17(16)12-22-15-9-7-14(8-10-15)13(2)3/h7-10,13,16-19H,4-6,11-12H2,1-3H3. The monoisotopic (exact) mass is 340 g/mol. The highest BCUT2D eigenvalue weighted by Crippen LogP contribution is 2.19. The van der Waals surface area contributed by atoms with Crippen LogP contribution < -0.4 is 14.8 Å². The summed E-state index contributed by atoms with van der Waals surface area (Å²) in [6.45, 7) is 7.32. The third kappa shape index (κ3) is 5.48. The molecular weight excluding hydrogens is 312 g/mol. The van der Waals surface area contributed by atoms with Crippen LogP contribution in [-0.4, -0.2) is 39.4 Å². The van der Waals surface area contributed by atoms with Gasteiger partial charge in [0.25, 0.3) is 0 Å². The van der Waals surface area contributed by atoms with E-state index >= 15 is 0 Å². The molecule has 5 nitrogen and oxygen atoms in total. The van der Waals surface area contributed by atoms with Gasteiger partial charge in [-0.25, -0.2) is 13.1 Å². The topological polar surface area (TPSA) is 67.4 Å². The van der Waals surface area contributed by atoms with E-state index in [1.807, 2.05) is 12.1 Å². The average molecular weight is 340 g/mol. The fourth-order valence-electron chi connectivity index (χ4n) is 2.72. The Balaban J connectivity index is 1.94. The number of nitrogens with one attached hydrogen (secondary N) is 2. The van der Waals surface area contributed by atoms with E-state index in [0.29, 0.717) is 12.5 Å². The Hall–Kier alpha value is -1.11. The maximum atomic E-state index is 11.8. The largest absolute Gasteiger partial charge is 0.492 e. The molecule has 1 fully saturated rings. The molecule has 0 aromatic heterocycles. The summed E-state index contributed by atoms with van der Waals surface area (Å²) in [6.07, 6.45) is 1.81. The van der Waals surface area contributed by atoms with E-state index in [9.17, 15) is 8.42 Å². The van der Waals surface area contributed by atoms with Gasteiger partial charge >= 0.3 is 0 Å². The summed E-state index contributed by atoms with van der Waals surface area (Å²) in [5.74, 6) is 1.42. The van der Waals surface area contributed by atoms with Crippen molar-refractivity contribution in [1.82, 2.24) is 10.0 Å². The van der Waals surface area contributed by atoms with Gasteiger partial charge in [-0.15, -0.1) is 0 Å². The van der Waals surface area contributed by atoms with Crippen molar-refractivity contribution in [1.29, 1.82) is 0 Å². The molecule has 2 atom stereocenters. The first kappa shape index (κ1) is 18.2. The first-order valence-corrected chi connectivity index (χ1v) is 10.0. The molecule has 2 unspecified atom stereocenters. The van der Waals surface area contributed by atoms with Crippen LogP contribution in [0.5, 0.6) is 5.75 Å². The predicted molar refractivity (Wildman–Crippen MR) is 93.4 cm³/mol. The Morgan fingerprint density at radius 3 is 2.61 bits per heavy atom. The Morgan fingerprint density at radius 2 is 2.00 bits per heavy atom. The second-order valence-corrected chi connectivity index (χ2v) is 8.41. The van der Waals surface area contributed by atoms with Crippen molar-refractivity contribution in [3.8, 4) is 5.75 Å². The molecule has 1 aromatic carbocycles. The van der Waals surface area contributed by atoms with E-state index in [4.69, 9.17) is 4.74 Å². The van der Waals surface area contributed by atoms with Gasteiger partial charge < -0.3 is 10.1 Å². The molecule has 1 aliphatic heterocycles. The molecule has 2 N–H and O–H groups in total. The van der Waals surface area contributed by atoms with E-state index in [1.165, 1.54) is 5.56 Å². The Morgan fingerprint density at radius 1 is 1.30 bits per heavy atom. The molecular formula is C17H28N2O3S. The molecule has 0 amide bonds. The molecule has 0 spiro atoms. The summed E-state index contributed by atoms with van der Waals surface area (Å²) in [4.78, 5) is 0. The van der Waals surface area contributed by atoms with Crippen LogP contribution in [0.15, 0.2) is 24.3 Å². The van der Waals surface area contributed by atoms with Crippen molar-refractivity contribution in [3.05, 3.63) is 29.8 Å². The third-order valence-corrected chi connectivity index (χ3v) is 5.69. The SMILES string of the molecule is CCS(=O)(=O)NC1CCCNC1COc1ccc(C(C)C)cc1. The maximum absolute atomic E-state index is 11.8. The summed E-state index contributed by atoms with van der Waals surface area (Å²) >= 11 is 0. The summed E-state index contributed by atoms with van der Waals surface area (Å²) in [5, 5.41) is 3.36. The van der Waals surface area contributed by atoms with Gasteiger partial charge in [-0.2, -0.15) is 0 Å². The fraction of sp³-hybridized carbons (Fsp3) is 0.647. The lowest BCUT2D eigenvalue weighted by molar-refractivity contribution is 0.213. The van der Waals surface area contributed by atoms with E-state index in [2.05, 4.69) is 36.0 Å². The quantitative estimate of drug-likeness (QED) is 0.799. The molecule has 23 heavy (non-hydrogen) atoms. The van der Waals surface area contributed by atoms with Gasteiger partial charge in [0.1, 0.15) is 12.4 Å². The lowest BCUT2D eigenvalue weighted by Crippen LogP contribution is -2.56. The smallest absolute Gasteiger partial charge is 0.211 e. The molecule has 1 aliphatic rings. The van der Waals surface area contributed by atoms with Crippen LogP contribution in [-0.2, 0) is 10.0 Å². The number of ether oxygens (including phenoxy) is 1. The average Bonchev–Trinajstić information content (AvgIpc) is 2.54. The zero-order valence-corrected chi connectivity index (χ0v) is 15.0. The molecule has 130 valence electrons. The molecule has 0 bridgehead atoms. The van der Waals surface area contributed by atoms with Crippen LogP contribution in [0, 0.1) is 0 Å². The molecule has 1 aromatic rings. The number of hydrogen-bond donors (Lipinski definition) is 2. The normalized spacial score (nSPS) is 22.3. The Kier molecular flexibility index (Phi) is 6.44. The lowest BCUT2D eigenvalue weighted by atomic mass is 10.00. The van der Waals surface area contributed by atoms with E-state index in [0.717, 1.165) is 25.1 Å². The van der Waals surface area contributed by atoms with Crippen LogP contribution in [0.25, 0.3) is 0 Å². The minimum Gasteiger partial charge on any atom is -0.492 e. The van der Waals surface area contributed by atoms with Gasteiger partial charge in [-0.3, -0.25) is 0 Å². The molecule has 1 saturated heterocycles. The van der Waals surface area contributed by atoms with Crippen LogP contribution in [0.4, 0.5) is 0 Å². The number of benzene rings is 1. The van der Waals surface area contributed by atoms with Gasteiger partial charge in [-0.05, 0) is 49.9 Å². The first-order valence-electron chi connectivity index (χ1n) is 8.37. The van der Waals surface area contributed by atoms with Crippen molar-refractivity contribution in [2.24, 2.45) is 0 Å². The molecule has 0 saturated carbocycles. The molecule has 2 rings (SSSR count). The maximum Gasteiger partial charge on any atom is 0.211 e. The Labute approximate surface area is 139 Å². The van der Waals surface area contributed by atoms with Crippen LogP contribution >= 0.6 is 0 Å². The number of sulfonamides is 1. The second kappa shape index (κ2) is 8.13. The first-order chi connectivity index (χ1) is 10.9. The summed E-state index contributed by atoms with van der Waals surface area (Å²) in [5.41, 5.74) is 1.28. The minimum absolute atomic E-state index is 0.00477. The predicted octanol–water partition coefficient (Wildman–Crippen LogP) is 2.25. The van der Waals surface area contributed by atoms with Crippen molar-refractivity contribution in [2.75, 3.05) is 18.9 Å². The number of rotatable bonds is 7. The number of hydrogen-bond acceptors (Lipinski definition) is 4. The fourth-order valence-corrected chi connectivity index (χ4v) is 3.63. The minimum atomic E-state index is -3.20. The van der Waals surface area contributed by atoms with Gasteiger partial charge in [0.2, 0.25) is 10.0 Å². The van der Waals surface area contributed by atoms with Gasteiger partial charge in [0.15, 0.2) is 0 Å². The highest BCUT2D eigenvalue weighted by molar-refractivity contribution is 7.89. The molecule has 0 aliphatic carbocycles. The zero-order chi connectivity index (χ0) is 16.9. The van der Waals surface area contributed by atoms with E-state index in [-0.39, 0.29) is 17.8 Å². The molecule has 1 heterocycles. The van der Waals surface area contributed by atoms with Crippen molar-refractivity contribution < 1.29 is 13.2 Å². The van der Waals surface area contributed by atoms with Crippen LogP contribution in [0.1, 0.15) is 45.1 Å². The van der Waals surface area contributed by atoms with Crippen LogP contribution in [0.3, 0.4) is 0 Å². The van der Waals surface area contributed by atoms with E-state index in [1.54, 1.807) is 6.92 Å².